The molecule has 0 amide bonds. The van der Waals surface area contributed by atoms with E-state index in [1.165, 1.54) is 32.1 Å². The minimum atomic E-state index is -0.0186. The zero-order valence-electron chi connectivity index (χ0n) is 10.1. The van der Waals surface area contributed by atoms with Gasteiger partial charge in [-0.2, -0.15) is 0 Å². The van der Waals surface area contributed by atoms with Crippen molar-refractivity contribution >= 4 is 5.95 Å². The molecule has 0 saturated heterocycles. The van der Waals surface area contributed by atoms with Crippen LogP contribution in [0.1, 0.15) is 32.1 Å². The monoisotopic (exact) mass is 224 g/mol. The molecular formula is C11H20N4O. The molecule has 1 N–H and O–H groups in total. The van der Waals surface area contributed by atoms with Crippen LogP contribution in [0.15, 0.2) is 4.79 Å². The lowest BCUT2D eigenvalue weighted by Crippen LogP contribution is -2.27. The van der Waals surface area contributed by atoms with Gasteiger partial charge in [0, 0.05) is 20.6 Å². The van der Waals surface area contributed by atoms with E-state index in [0.29, 0.717) is 11.9 Å². The van der Waals surface area contributed by atoms with Gasteiger partial charge in [-0.05, 0) is 18.8 Å². The Balaban J connectivity index is 2.11. The van der Waals surface area contributed by atoms with Gasteiger partial charge < -0.3 is 5.32 Å². The van der Waals surface area contributed by atoms with Gasteiger partial charge in [0.2, 0.25) is 5.95 Å². The van der Waals surface area contributed by atoms with Gasteiger partial charge in [0.05, 0.1) is 0 Å². The average molecular weight is 224 g/mol. The molecule has 1 aromatic heterocycles. The van der Waals surface area contributed by atoms with E-state index < -0.39 is 0 Å². The predicted molar refractivity (Wildman–Crippen MR) is 63.6 cm³/mol. The van der Waals surface area contributed by atoms with Crippen LogP contribution < -0.4 is 11.0 Å². The lowest BCUT2D eigenvalue weighted by atomic mass is 9.89. The quantitative estimate of drug-likeness (QED) is 0.839. The molecule has 5 nitrogen and oxygen atoms in total. The molecule has 90 valence electrons. The lowest BCUT2D eigenvalue weighted by molar-refractivity contribution is 0.304. The Morgan fingerprint density at radius 3 is 2.62 bits per heavy atom. The summed E-state index contributed by atoms with van der Waals surface area (Å²) in [5, 5.41) is 7.20. The minimum Gasteiger partial charge on any atom is -0.357 e. The Bertz CT molecular complexity index is 401. The van der Waals surface area contributed by atoms with Crippen LogP contribution in [0.3, 0.4) is 0 Å². The van der Waals surface area contributed by atoms with Crippen LogP contribution in [-0.4, -0.2) is 21.4 Å². The second kappa shape index (κ2) is 4.72. The van der Waals surface area contributed by atoms with E-state index in [1.54, 1.807) is 23.3 Å². The minimum absolute atomic E-state index is 0.0186. The average Bonchev–Trinajstić information content (AvgIpc) is 2.58. The molecule has 0 aliphatic heterocycles. The van der Waals surface area contributed by atoms with Gasteiger partial charge >= 0.3 is 5.69 Å². The SMILES string of the molecule is CNc1nn(CC2CCCCC2)c(=O)n1C. The number of anilines is 1. The van der Waals surface area contributed by atoms with Crippen LogP contribution in [0.2, 0.25) is 0 Å². The highest BCUT2D eigenvalue weighted by atomic mass is 16.2. The first kappa shape index (κ1) is 11.2. The lowest BCUT2D eigenvalue weighted by Gasteiger charge is -2.20. The summed E-state index contributed by atoms with van der Waals surface area (Å²) in [6.45, 7) is 0.772. The summed E-state index contributed by atoms with van der Waals surface area (Å²) in [5.41, 5.74) is -0.0186. The van der Waals surface area contributed by atoms with Crippen molar-refractivity contribution in [3.63, 3.8) is 0 Å². The molecule has 0 bridgehead atoms. The van der Waals surface area contributed by atoms with E-state index in [-0.39, 0.29) is 5.69 Å². The molecule has 0 spiro atoms. The number of nitrogens with zero attached hydrogens (tertiary/aromatic N) is 3. The van der Waals surface area contributed by atoms with Crippen LogP contribution in [0.25, 0.3) is 0 Å². The molecule has 1 heterocycles. The van der Waals surface area contributed by atoms with Crippen molar-refractivity contribution in [2.24, 2.45) is 13.0 Å². The van der Waals surface area contributed by atoms with Crippen LogP contribution in [0.4, 0.5) is 5.95 Å². The van der Waals surface area contributed by atoms with E-state index in [2.05, 4.69) is 10.4 Å². The van der Waals surface area contributed by atoms with Gasteiger partial charge in [-0.15, -0.1) is 5.10 Å². The third kappa shape index (κ3) is 2.13. The highest BCUT2D eigenvalue weighted by Gasteiger charge is 2.17. The van der Waals surface area contributed by atoms with Crippen molar-refractivity contribution in [1.29, 1.82) is 0 Å². The molecule has 16 heavy (non-hydrogen) atoms. The highest BCUT2D eigenvalue weighted by molar-refractivity contribution is 5.21. The van der Waals surface area contributed by atoms with E-state index >= 15 is 0 Å². The predicted octanol–water partition coefficient (Wildman–Crippen LogP) is 1.20. The van der Waals surface area contributed by atoms with Crippen molar-refractivity contribution in [1.82, 2.24) is 14.3 Å². The van der Waals surface area contributed by atoms with Gasteiger partial charge in [0.1, 0.15) is 0 Å². The summed E-state index contributed by atoms with van der Waals surface area (Å²) in [7, 11) is 3.53. The Labute approximate surface area is 95.5 Å². The maximum Gasteiger partial charge on any atom is 0.347 e. The number of nitrogens with one attached hydrogen (secondary N) is 1. The van der Waals surface area contributed by atoms with Crippen molar-refractivity contribution in [3.05, 3.63) is 10.5 Å². The maximum atomic E-state index is 11.8. The fourth-order valence-corrected chi connectivity index (χ4v) is 2.44. The standard InChI is InChI=1S/C11H20N4O/c1-12-10-13-15(11(16)14(10)2)8-9-6-4-3-5-7-9/h9H,3-8H2,1-2H3,(H,12,13). The summed E-state index contributed by atoms with van der Waals surface area (Å²) < 4.78 is 3.16. The van der Waals surface area contributed by atoms with E-state index in [4.69, 9.17) is 0 Å². The Hall–Kier alpha value is -1.26. The second-order valence-corrected chi connectivity index (χ2v) is 4.60. The summed E-state index contributed by atoms with van der Waals surface area (Å²) in [6, 6.07) is 0. The van der Waals surface area contributed by atoms with Gasteiger partial charge in [-0.25, -0.2) is 9.48 Å². The number of rotatable bonds is 3. The number of hydrogen-bond acceptors (Lipinski definition) is 3. The van der Waals surface area contributed by atoms with E-state index in [1.807, 2.05) is 0 Å². The van der Waals surface area contributed by atoms with Gasteiger partial charge in [0.15, 0.2) is 0 Å². The van der Waals surface area contributed by atoms with Crippen LogP contribution in [0.5, 0.6) is 0 Å². The van der Waals surface area contributed by atoms with Crippen molar-refractivity contribution in [3.8, 4) is 0 Å². The van der Waals surface area contributed by atoms with Crippen molar-refractivity contribution in [2.75, 3.05) is 12.4 Å². The molecule has 1 fully saturated rings. The van der Waals surface area contributed by atoms with Gasteiger partial charge in [-0.3, -0.25) is 4.57 Å². The summed E-state index contributed by atoms with van der Waals surface area (Å²) in [4.78, 5) is 11.8. The zero-order valence-corrected chi connectivity index (χ0v) is 10.1. The molecule has 0 unspecified atom stereocenters. The fourth-order valence-electron chi connectivity index (χ4n) is 2.44. The summed E-state index contributed by atoms with van der Waals surface area (Å²) in [6.07, 6.45) is 6.40. The largest absolute Gasteiger partial charge is 0.357 e. The third-order valence-corrected chi connectivity index (χ3v) is 3.42. The van der Waals surface area contributed by atoms with Crippen LogP contribution in [-0.2, 0) is 13.6 Å². The first-order valence-electron chi connectivity index (χ1n) is 6.04. The van der Waals surface area contributed by atoms with Crippen molar-refractivity contribution < 1.29 is 0 Å². The first-order valence-corrected chi connectivity index (χ1v) is 6.04. The Kier molecular flexibility index (Phi) is 3.31. The highest BCUT2D eigenvalue weighted by Crippen LogP contribution is 2.24. The molecule has 2 rings (SSSR count). The van der Waals surface area contributed by atoms with Crippen LogP contribution >= 0.6 is 0 Å². The first-order chi connectivity index (χ1) is 7.72. The van der Waals surface area contributed by atoms with Gasteiger partial charge in [0.25, 0.3) is 0 Å². The molecule has 0 atom stereocenters. The summed E-state index contributed by atoms with van der Waals surface area (Å²) >= 11 is 0. The molecule has 1 saturated carbocycles. The molecule has 1 aliphatic carbocycles. The molecule has 5 heteroatoms. The van der Waals surface area contributed by atoms with Gasteiger partial charge in [-0.1, -0.05) is 19.3 Å². The molecule has 0 aromatic carbocycles. The molecule has 1 aromatic rings. The summed E-state index contributed by atoms with van der Waals surface area (Å²) in [5.74, 6) is 1.27. The Morgan fingerprint density at radius 2 is 2.06 bits per heavy atom. The molecule has 1 aliphatic rings. The smallest absolute Gasteiger partial charge is 0.347 e. The normalized spacial score (nSPS) is 17.6. The fraction of sp³-hybridized carbons (Fsp3) is 0.818. The number of aromatic nitrogens is 3. The van der Waals surface area contributed by atoms with E-state index in [0.717, 1.165) is 6.54 Å². The second-order valence-electron chi connectivity index (χ2n) is 4.60. The van der Waals surface area contributed by atoms with Crippen LogP contribution in [0, 0.1) is 5.92 Å². The van der Waals surface area contributed by atoms with Crippen molar-refractivity contribution in [2.45, 2.75) is 38.6 Å². The third-order valence-electron chi connectivity index (χ3n) is 3.42. The molecule has 0 radical (unpaired) electrons. The number of hydrogen-bond donors (Lipinski definition) is 1. The Morgan fingerprint density at radius 1 is 1.38 bits per heavy atom. The topological polar surface area (TPSA) is 51.9 Å². The zero-order chi connectivity index (χ0) is 11.5. The maximum absolute atomic E-state index is 11.8. The van der Waals surface area contributed by atoms with E-state index in [9.17, 15) is 4.79 Å². The molecular weight excluding hydrogens is 204 g/mol.